The highest BCUT2D eigenvalue weighted by Crippen LogP contribution is 2.41. The Kier molecular flexibility index (Phi) is 5.75. The van der Waals surface area contributed by atoms with Gasteiger partial charge in [-0.3, -0.25) is 14.8 Å². The van der Waals surface area contributed by atoms with Gasteiger partial charge in [0, 0.05) is 36.3 Å². The topological polar surface area (TPSA) is 93.8 Å². The predicted octanol–water partition coefficient (Wildman–Crippen LogP) is 3.40. The first-order valence-corrected chi connectivity index (χ1v) is 12.2. The molecule has 2 atom stereocenters. The monoisotopic (exact) mass is 466 g/mol. The fourth-order valence-electron chi connectivity index (χ4n) is 5.61. The van der Waals surface area contributed by atoms with Gasteiger partial charge in [-0.15, -0.1) is 0 Å². The number of urea groups is 1. The van der Waals surface area contributed by atoms with Crippen molar-refractivity contribution in [2.75, 3.05) is 31.6 Å². The van der Waals surface area contributed by atoms with Crippen LogP contribution < -0.4 is 10.1 Å². The van der Waals surface area contributed by atoms with Gasteiger partial charge in [-0.2, -0.15) is 5.10 Å². The van der Waals surface area contributed by atoms with E-state index >= 15 is 0 Å². The maximum Gasteiger partial charge on any atom is 0.321 e. The smallest absolute Gasteiger partial charge is 0.321 e. The highest BCUT2D eigenvalue weighted by atomic mass is 16.5. The maximum absolute atomic E-state index is 13.7. The number of benzene rings is 1. The number of H-pyrrole nitrogens is 1. The molecule has 5 rings (SSSR count). The van der Waals surface area contributed by atoms with E-state index in [0.29, 0.717) is 36.3 Å². The van der Waals surface area contributed by atoms with Gasteiger partial charge >= 0.3 is 6.03 Å². The summed E-state index contributed by atoms with van der Waals surface area (Å²) in [6.45, 7) is 11.9. The summed E-state index contributed by atoms with van der Waals surface area (Å²) >= 11 is 0. The molecule has 9 nitrogen and oxygen atoms in total. The summed E-state index contributed by atoms with van der Waals surface area (Å²) in [4.78, 5) is 33.1. The summed E-state index contributed by atoms with van der Waals surface area (Å²) in [6, 6.07) is 7.77. The summed E-state index contributed by atoms with van der Waals surface area (Å²) in [7, 11) is 0. The lowest BCUT2D eigenvalue weighted by Crippen LogP contribution is -2.60. The number of aromatic amines is 1. The van der Waals surface area contributed by atoms with Crippen LogP contribution in [0.2, 0.25) is 0 Å². The number of rotatable bonds is 4. The van der Waals surface area contributed by atoms with Crippen LogP contribution in [-0.2, 0) is 12.1 Å². The second kappa shape index (κ2) is 8.61. The standard InChI is InChI=1S/C25H34N6O3/c1-5-34-19-10-6-8-17(12-19)23(32)26-22-20-15-31(25(3,4)21(20)27-28-22)24(33)30-14-18-9-7-11-29(18)13-16(30)2/h6,8,10,12,16,18H,5,7,9,11,13-15H2,1-4H3,(H2,26,27,28,32)/t16-,18-/m0/s1. The largest absolute Gasteiger partial charge is 0.494 e. The molecule has 4 heterocycles. The molecule has 0 aliphatic carbocycles. The maximum atomic E-state index is 13.7. The third-order valence-corrected chi connectivity index (χ3v) is 7.52. The number of nitrogens with zero attached hydrogens (tertiary/aromatic N) is 4. The van der Waals surface area contributed by atoms with Crippen molar-refractivity contribution >= 4 is 17.8 Å². The van der Waals surface area contributed by atoms with Crippen LogP contribution in [0.3, 0.4) is 0 Å². The van der Waals surface area contributed by atoms with E-state index in [0.717, 1.165) is 37.3 Å². The minimum absolute atomic E-state index is 0.0512. The van der Waals surface area contributed by atoms with Crippen LogP contribution in [0, 0.1) is 0 Å². The van der Waals surface area contributed by atoms with E-state index in [4.69, 9.17) is 4.74 Å². The molecule has 3 aliphatic rings. The van der Waals surface area contributed by atoms with Crippen LogP contribution in [0.5, 0.6) is 5.75 Å². The molecule has 9 heteroatoms. The number of amides is 3. The number of anilines is 1. The molecule has 0 radical (unpaired) electrons. The molecule has 2 N–H and O–H groups in total. The molecule has 0 saturated carbocycles. The van der Waals surface area contributed by atoms with Crippen molar-refractivity contribution in [1.29, 1.82) is 0 Å². The van der Waals surface area contributed by atoms with Crippen molar-refractivity contribution in [1.82, 2.24) is 24.9 Å². The number of piperazine rings is 1. The van der Waals surface area contributed by atoms with Crippen LogP contribution in [0.1, 0.15) is 62.2 Å². The normalized spacial score (nSPS) is 23.5. The Morgan fingerprint density at radius 2 is 2.12 bits per heavy atom. The van der Waals surface area contributed by atoms with Crippen LogP contribution in [0.15, 0.2) is 24.3 Å². The van der Waals surface area contributed by atoms with E-state index in [1.165, 1.54) is 6.42 Å². The van der Waals surface area contributed by atoms with Crippen molar-refractivity contribution in [2.45, 2.75) is 64.7 Å². The van der Waals surface area contributed by atoms with Gasteiger partial charge in [-0.25, -0.2) is 4.79 Å². The Balaban J connectivity index is 1.33. The van der Waals surface area contributed by atoms with Gasteiger partial charge in [0.25, 0.3) is 5.91 Å². The average Bonchev–Trinajstić information content (AvgIpc) is 3.49. The Morgan fingerprint density at radius 3 is 2.91 bits per heavy atom. The minimum Gasteiger partial charge on any atom is -0.494 e. The average molecular weight is 467 g/mol. The van der Waals surface area contributed by atoms with E-state index in [9.17, 15) is 9.59 Å². The number of carbonyl (C=O) groups is 2. The molecular weight excluding hydrogens is 432 g/mol. The zero-order valence-corrected chi connectivity index (χ0v) is 20.4. The lowest BCUT2D eigenvalue weighted by molar-refractivity contribution is 0.0454. The number of carbonyl (C=O) groups excluding carboxylic acids is 2. The van der Waals surface area contributed by atoms with Gasteiger partial charge in [-0.05, 0) is 65.3 Å². The molecular formula is C25H34N6O3. The number of hydrogen-bond donors (Lipinski definition) is 2. The van der Waals surface area contributed by atoms with E-state index < -0.39 is 5.54 Å². The fourth-order valence-corrected chi connectivity index (χ4v) is 5.61. The molecule has 2 saturated heterocycles. The highest BCUT2D eigenvalue weighted by Gasteiger charge is 2.47. The molecule has 1 aromatic heterocycles. The molecule has 3 amide bonds. The van der Waals surface area contributed by atoms with Gasteiger partial charge < -0.3 is 19.9 Å². The zero-order valence-electron chi connectivity index (χ0n) is 20.4. The van der Waals surface area contributed by atoms with Crippen LogP contribution in [-0.4, -0.2) is 75.2 Å². The third kappa shape index (κ3) is 3.81. The lowest BCUT2D eigenvalue weighted by Gasteiger charge is -2.45. The zero-order chi connectivity index (χ0) is 24.0. The minimum atomic E-state index is -0.552. The van der Waals surface area contributed by atoms with Crippen LogP contribution >= 0.6 is 0 Å². The fraction of sp³-hybridized carbons (Fsp3) is 0.560. The molecule has 34 heavy (non-hydrogen) atoms. The summed E-state index contributed by atoms with van der Waals surface area (Å²) in [5, 5.41) is 10.4. The van der Waals surface area contributed by atoms with Gasteiger partial charge in [-0.1, -0.05) is 6.07 Å². The van der Waals surface area contributed by atoms with Gasteiger partial charge in [0.1, 0.15) is 5.75 Å². The Morgan fingerprint density at radius 1 is 1.29 bits per heavy atom. The van der Waals surface area contributed by atoms with E-state index in [1.54, 1.807) is 18.2 Å². The molecule has 0 unspecified atom stereocenters. The third-order valence-electron chi connectivity index (χ3n) is 7.52. The summed E-state index contributed by atoms with van der Waals surface area (Å²) in [5.74, 6) is 0.861. The van der Waals surface area contributed by atoms with Crippen molar-refractivity contribution in [2.24, 2.45) is 0 Å². The van der Waals surface area contributed by atoms with Crippen LogP contribution in [0.25, 0.3) is 0 Å². The number of ether oxygens (including phenoxy) is 1. The number of aromatic nitrogens is 2. The Hall–Kier alpha value is -3.07. The summed E-state index contributed by atoms with van der Waals surface area (Å²) in [6.07, 6.45) is 2.37. The van der Waals surface area contributed by atoms with E-state index in [-0.39, 0.29) is 18.0 Å². The van der Waals surface area contributed by atoms with E-state index in [2.05, 4.69) is 27.3 Å². The van der Waals surface area contributed by atoms with Gasteiger partial charge in [0.05, 0.1) is 24.4 Å². The molecule has 0 spiro atoms. The van der Waals surface area contributed by atoms with Crippen molar-refractivity contribution < 1.29 is 14.3 Å². The van der Waals surface area contributed by atoms with Crippen molar-refractivity contribution in [3.63, 3.8) is 0 Å². The number of fused-ring (bicyclic) bond motifs is 2. The quantitative estimate of drug-likeness (QED) is 0.720. The number of nitrogens with one attached hydrogen (secondary N) is 2. The summed E-state index contributed by atoms with van der Waals surface area (Å²) in [5.41, 5.74) is 1.67. The van der Waals surface area contributed by atoms with Crippen molar-refractivity contribution in [3.8, 4) is 5.75 Å². The molecule has 3 aliphatic heterocycles. The van der Waals surface area contributed by atoms with Crippen molar-refractivity contribution in [3.05, 3.63) is 41.1 Å². The highest BCUT2D eigenvalue weighted by molar-refractivity contribution is 6.04. The first kappa shape index (κ1) is 22.7. The Bertz CT molecular complexity index is 1100. The second-order valence-corrected chi connectivity index (χ2v) is 10.1. The molecule has 2 aromatic rings. The molecule has 1 aromatic carbocycles. The molecule has 182 valence electrons. The lowest BCUT2D eigenvalue weighted by atomic mass is 10.0. The second-order valence-electron chi connectivity index (χ2n) is 10.1. The Labute approximate surface area is 200 Å². The van der Waals surface area contributed by atoms with E-state index in [1.807, 2.05) is 36.6 Å². The van der Waals surface area contributed by atoms with Gasteiger partial charge in [0.2, 0.25) is 0 Å². The van der Waals surface area contributed by atoms with Crippen LogP contribution in [0.4, 0.5) is 10.6 Å². The molecule has 2 fully saturated rings. The first-order chi connectivity index (χ1) is 16.3. The molecule has 0 bridgehead atoms. The SMILES string of the molecule is CCOc1cccc(C(=O)Nc2n[nH]c3c2CN(C(=O)N2C[C@@H]4CCCN4C[C@@H]2C)C3(C)C)c1. The summed E-state index contributed by atoms with van der Waals surface area (Å²) < 4.78 is 5.51. The number of hydrogen-bond acceptors (Lipinski definition) is 5. The first-order valence-electron chi connectivity index (χ1n) is 12.2. The van der Waals surface area contributed by atoms with Gasteiger partial charge in [0.15, 0.2) is 5.82 Å². The predicted molar refractivity (Wildman–Crippen MR) is 129 cm³/mol.